The van der Waals surface area contributed by atoms with E-state index in [4.69, 9.17) is 16.3 Å². The van der Waals surface area contributed by atoms with Crippen LogP contribution in [0, 0.1) is 5.82 Å². The Morgan fingerprint density at radius 1 is 1.38 bits per heavy atom. The van der Waals surface area contributed by atoms with Crippen molar-refractivity contribution in [3.05, 3.63) is 51.4 Å². The second kappa shape index (κ2) is 8.80. The largest absolute Gasteiger partial charge is 0.453 e. The summed E-state index contributed by atoms with van der Waals surface area (Å²) in [6.45, 7) is 1.48. The van der Waals surface area contributed by atoms with E-state index in [0.29, 0.717) is 12.1 Å². The number of hydrogen-bond acceptors (Lipinski definition) is 4. The van der Waals surface area contributed by atoms with Gasteiger partial charge in [-0.1, -0.05) is 17.7 Å². The second-order valence-electron chi connectivity index (χ2n) is 5.18. The smallest absolute Gasteiger partial charge is 0.306 e. The summed E-state index contributed by atoms with van der Waals surface area (Å²) in [4.78, 5) is 25.0. The number of esters is 1. The highest BCUT2D eigenvalue weighted by Gasteiger charge is 2.18. The third-order valence-electron chi connectivity index (χ3n) is 3.25. The average molecular weight is 370 g/mol. The molecule has 1 aromatic carbocycles. The molecule has 0 saturated carbocycles. The number of hydrogen-bond donors (Lipinski definition) is 1. The van der Waals surface area contributed by atoms with Crippen molar-refractivity contribution < 1.29 is 18.7 Å². The van der Waals surface area contributed by atoms with Gasteiger partial charge in [0.2, 0.25) is 0 Å². The Hall–Kier alpha value is -1.92. The summed E-state index contributed by atoms with van der Waals surface area (Å²) >= 11 is 7.29. The van der Waals surface area contributed by atoms with Crippen LogP contribution in [-0.2, 0) is 20.7 Å². The van der Waals surface area contributed by atoms with Gasteiger partial charge in [-0.15, -0.1) is 11.3 Å². The SMILES string of the molecule is C[C@@H](OC(=O)CCCc1cccs1)C(=O)Nc1ccc(F)c(Cl)c1. The summed E-state index contributed by atoms with van der Waals surface area (Å²) in [7, 11) is 0. The van der Waals surface area contributed by atoms with Crippen LogP contribution in [0.4, 0.5) is 10.1 Å². The molecule has 0 bridgehead atoms. The summed E-state index contributed by atoms with van der Waals surface area (Å²) in [5.41, 5.74) is 0.340. The van der Waals surface area contributed by atoms with Crippen molar-refractivity contribution in [3.63, 3.8) is 0 Å². The molecule has 1 aromatic heterocycles. The van der Waals surface area contributed by atoms with Crippen LogP contribution in [0.25, 0.3) is 0 Å². The van der Waals surface area contributed by atoms with Crippen molar-refractivity contribution in [1.29, 1.82) is 0 Å². The molecule has 0 radical (unpaired) electrons. The Kier molecular flexibility index (Phi) is 6.75. The first-order valence-electron chi connectivity index (χ1n) is 7.43. The number of nitrogens with one attached hydrogen (secondary N) is 1. The predicted octanol–water partition coefficient (Wildman–Crippen LogP) is 4.43. The van der Waals surface area contributed by atoms with Gasteiger partial charge in [-0.3, -0.25) is 9.59 Å². The van der Waals surface area contributed by atoms with E-state index >= 15 is 0 Å². The van der Waals surface area contributed by atoms with Gasteiger partial charge >= 0.3 is 5.97 Å². The summed E-state index contributed by atoms with van der Waals surface area (Å²) in [5, 5.41) is 4.42. The van der Waals surface area contributed by atoms with E-state index < -0.39 is 23.8 Å². The molecule has 2 rings (SSSR count). The van der Waals surface area contributed by atoms with E-state index in [9.17, 15) is 14.0 Å². The number of carbonyl (C=O) groups is 2. The minimum atomic E-state index is -0.942. The molecule has 1 atom stereocenters. The van der Waals surface area contributed by atoms with Crippen molar-refractivity contribution in [2.24, 2.45) is 0 Å². The highest BCUT2D eigenvalue weighted by molar-refractivity contribution is 7.09. The Labute approximate surface area is 148 Å². The van der Waals surface area contributed by atoms with E-state index in [1.165, 1.54) is 23.9 Å². The van der Waals surface area contributed by atoms with Crippen LogP contribution in [0.1, 0.15) is 24.6 Å². The van der Waals surface area contributed by atoms with Crippen LogP contribution < -0.4 is 5.32 Å². The first-order chi connectivity index (χ1) is 11.5. The van der Waals surface area contributed by atoms with Crippen molar-refractivity contribution in [3.8, 4) is 0 Å². The van der Waals surface area contributed by atoms with Crippen LogP contribution >= 0.6 is 22.9 Å². The molecule has 0 fully saturated rings. The zero-order valence-electron chi connectivity index (χ0n) is 13.1. The molecule has 0 aliphatic heterocycles. The molecule has 24 heavy (non-hydrogen) atoms. The van der Waals surface area contributed by atoms with Gasteiger partial charge in [0.15, 0.2) is 6.10 Å². The topological polar surface area (TPSA) is 55.4 Å². The fraction of sp³-hybridized carbons (Fsp3) is 0.294. The van der Waals surface area contributed by atoms with E-state index in [1.807, 2.05) is 17.5 Å². The van der Waals surface area contributed by atoms with Crippen LogP contribution in [-0.4, -0.2) is 18.0 Å². The Morgan fingerprint density at radius 2 is 2.17 bits per heavy atom. The Balaban J connectivity index is 1.75. The van der Waals surface area contributed by atoms with Crippen LogP contribution in [0.2, 0.25) is 5.02 Å². The molecule has 1 amide bonds. The van der Waals surface area contributed by atoms with Crippen molar-refractivity contribution >= 4 is 40.5 Å². The molecule has 0 saturated heterocycles. The van der Waals surface area contributed by atoms with Crippen molar-refractivity contribution in [2.75, 3.05) is 5.32 Å². The lowest BCUT2D eigenvalue weighted by Gasteiger charge is -2.13. The van der Waals surface area contributed by atoms with Crippen molar-refractivity contribution in [1.82, 2.24) is 0 Å². The molecule has 1 heterocycles. The summed E-state index contributed by atoms with van der Waals surface area (Å²) in [6.07, 6.45) is 0.781. The summed E-state index contributed by atoms with van der Waals surface area (Å²) < 4.78 is 18.2. The van der Waals surface area contributed by atoms with Gasteiger partial charge < -0.3 is 10.1 Å². The zero-order chi connectivity index (χ0) is 17.5. The molecule has 0 spiro atoms. The predicted molar refractivity (Wildman–Crippen MR) is 92.9 cm³/mol. The second-order valence-corrected chi connectivity index (χ2v) is 6.62. The summed E-state index contributed by atoms with van der Waals surface area (Å²) in [6, 6.07) is 7.81. The van der Waals surface area contributed by atoms with Gasteiger partial charge in [0.1, 0.15) is 5.82 Å². The van der Waals surface area contributed by atoms with Crippen LogP contribution in [0.5, 0.6) is 0 Å². The quantitative estimate of drug-likeness (QED) is 0.734. The van der Waals surface area contributed by atoms with E-state index in [-0.39, 0.29) is 11.4 Å². The molecular weight excluding hydrogens is 353 g/mol. The van der Waals surface area contributed by atoms with E-state index in [0.717, 1.165) is 12.5 Å². The lowest BCUT2D eigenvalue weighted by Crippen LogP contribution is -2.29. The number of benzene rings is 1. The minimum Gasteiger partial charge on any atom is -0.453 e. The van der Waals surface area contributed by atoms with E-state index in [2.05, 4.69) is 5.32 Å². The van der Waals surface area contributed by atoms with E-state index in [1.54, 1.807) is 11.3 Å². The number of thiophene rings is 1. The van der Waals surface area contributed by atoms with Crippen LogP contribution in [0.15, 0.2) is 35.7 Å². The normalized spacial score (nSPS) is 11.8. The number of aryl methyl sites for hydroxylation is 1. The van der Waals surface area contributed by atoms with Gasteiger partial charge in [-0.25, -0.2) is 4.39 Å². The molecule has 0 aliphatic rings. The molecule has 0 aliphatic carbocycles. The molecular formula is C17H17ClFNO3S. The molecule has 1 N–H and O–H groups in total. The monoisotopic (exact) mass is 369 g/mol. The third kappa shape index (κ3) is 5.62. The Morgan fingerprint density at radius 3 is 2.83 bits per heavy atom. The van der Waals surface area contributed by atoms with Gasteiger partial charge in [0.05, 0.1) is 5.02 Å². The zero-order valence-corrected chi connectivity index (χ0v) is 14.6. The maximum Gasteiger partial charge on any atom is 0.306 e. The highest BCUT2D eigenvalue weighted by atomic mass is 35.5. The fourth-order valence-corrected chi connectivity index (χ4v) is 2.92. The molecule has 4 nitrogen and oxygen atoms in total. The lowest BCUT2D eigenvalue weighted by molar-refractivity contribution is -0.153. The first-order valence-corrected chi connectivity index (χ1v) is 8.69. The number of rotatable bonds is 7. The number of carbonyl (C=O) groups excluding carboxylic acids is 2. The third-order valence-corrected chi connectivity index (χ3v) is 4.47. The molecule has 7 heteroatoms. The van der Waals surface area contributed by atoms with Gasteiger partial charge in [-0.05, 0) is 49.4 Å². The van der Waals surface area contributed by atoms with Crippen molar-refractivity contribution in [2.45, 2.75) is 32.3 Å². The standard InChI is InChI=1S/C17H17ClFNO3S/c1-11(17(22)20-12-7-8-15(19)14(18)10-12)23-16(21)6-2-4-13-5-3-9-24-13/h3,5,7-11H,2,4,6H2,1H3,(H,20,22)/t11-/m1/s1. The average Bonchev–Trinajstić information content (AvgIpc) is 3.04. The van der Waals surface area contributed by atoms with Gasteiger partial charge in [0, 0.05) is 17.0 Å². The van der Waals surface area contributed by atoms with Crippen LogP contribution in [0.3, 0.4) is 0 Å². The maximum absolute atomic E-state index is 13.1. The number of anilines is 1. The molecule has 128 valence electrons. The minimum absolute atomic E-state index is 0.0916. The maximum atomic E-state index is 13.1. The van der Waals surface area contributed by atoms with Gasteiger partial charge in [0.25, 0.3) is 5.91 Å². The summed E-state index contributed by atoms with van der Waals surface area (Å²) in [5.74, 6) is -1.49. The van der Waals surface area contributed by atoms with Gasteiger partial charge in [-0.2, -0.15) is 0 Å². The Bertz CT molecular complexity index is 706. The fourth-order valence-electron chi connectivity index (χ4n) is 1.99. The first kappa shape index (κ1) is 18.4. The molecule has 0 unspecified atom stereocenters. The molecule has 2 aromatic rings. The number of halogens is 2. The number of amides is 1. The number of ether oxygens (including phenoxy) is 1. The lowest BCUT2D eigenvalue weighted by atomic mass is 10.2. The highest BCUT2D eigenvalue weighted by Crippen LogP contribution is 2.19.